The second kappa shape index (κ2) is 8.13. The van der Waals surface area contributed by atoms with Crippen LogP contribution >= 0.6 is 47.2 Å². The Morgan fingerprint density at radius 3 is 2.50 bits per heavy atom. The standard InChI is InChI=1S/C21H13Cl2NO2S2/c22-16-8-12(10-18-20(25)24-21(27)28-18)9-17(23)19(16)26-11-14-6-3-5-13-4-1-2-7-15(13)14/h1-10H,11H2,(H,24,25,27)/b18-10-. The maximum absolute atomic E-state index is 11.8. The highest BCUT2D eigenvalue weighted by Gasteiger charge is 2.22. The molecule has 0 spiro atoms. The molecule has 3 aromatic carbocycles. The maximum Gasteiger partial charge on any atom is 0.263 e. The predicted molar refractivity (Wildman–Crippen MR) is 121 cm³/mol. The van der Waals surface area contributed by atoms with E-state index in [0.717, 1.165) is 16.3 Å². The van der Waals surface area contributed by atoms with Crippen molar-refractivity contribution >= 4 is 74.3 Å². The molecule has 0 unspecified atom stereocenters. The summed E-state index contributed by atoms with van der Waals surface area (Å²) in [5, 5.41) is 5.61. The summed E-state index contributed by atoms with van der Waals surface area (Å²) in [4.78, 5) is 12.3. The normalized spacial score (nSPS) is 15.3. The van der Waals surface area contributed by atoms with Gasteiger partial charge in [-0.3, -0.25) is 4.79 Å². The number of carbonyl (C=O) groups is 1. The number of halogens is 2. The van der Waals surface area contributed by atoms with Crippen LogP contribution in [0.5, 0.6) is 5.75 Å². The average molecular weight is 446 g/mol. The van der Waals surface area contributed by atoms with Gasteiger partial charge in [0, 0.05) is 0 Å². The summed E-state index contributed by atoms with van der Waals surface area (Å²) in [7, 11) is 0. The summed E-state index contributed by atoms with van der Waals surface area (Å²) in [5.41, 5.74) is 1.75. The number of benzene rings is 3. The molecule has 3 nitrogen and oxygen atoms in total. The topological polar surface area (TPSA) is 38.3 Å². The molecular formula is C21H13Cl2NO2S2. The summed E-state index contributed by atoms with van der Waals surface area (Å²) >= 11 is 19.0. The van der Waals surface area contributed by atoms with Crippen LogP contribution < -0.4 is 10.1 Å². The van der Waals surface area contributed by atoms with Crippen molar-refractivity contribution in [1.82, 2.24) is 5.32 Å². The first kappa shape index (κ1) is 19.3. The number of amides is 1. The fourth-order valence-electron chi connectivity index (χ4n) is 2.94. The van der Waals surface area contributed by atoms with Crippen molar-refractivity contribution in [3.05, 3.63) is 80.7 Å². The zero-order valence-electron chi connectivity index (χ0n) is 14.4. The molecular weight excluding hydrogens is 433 g/mol. The summed E-state index contributed by atoms with van der Waals surface area (Å²) in [6, 6.07) is 17.6. The molecule has 0 aliphatic carbocycles. The molecule has 1 fully saturated rings. The van der Waals surface area contributed by atoms with Gasteiger partial charge in [-0.1, -0.05) is 89.6 Å². The molecule has 1 heterocycles. The van der Waals surface area contributed by atoms with Gasteiger partial charge >= 0.3 is 0 Å². The third-order valence-corrected chi connectivity index (χ3v) is 5.94. The minimum atomic E-state index is -0.224. The Hall–Kier alpha value is -2.05. The number of rotatable bonds is 4. The molecule has 1 aliphatic heterocycles. The number of carbonyl (C=O) groups excluding carboxylic acids is 1. The molecule has 0 atom stereocenters. The lowest BCUT2D eigenvalue weighted by atomic mass is 10.1. The third-order valence-electron chi connectivity index (χ3n) is 4.21. The lowest BCUT2D eigenvalue weighted by molar-refractivity contribution is -0.115. The molecule has 28 heavy (non-hydrogen) atoms. The van der Waals surface area contributed by atoms with Crippen molar-refractivity contribution < 1.29 is 9.53 Å². The monoisotopic (exact) mass is 445 g/mol. The van der Waals surface area contributed by atoms with Gasteiger partial charge in [0.05, 0.1) is 15.0 Å². The lowest BCUT2D eigenvalue weighted by Crippen LogP contribution is -2.17. The van der Waals surface area contributed by atoms with E-state index in [0.29, 0.717) is 37.2 Å². The highest BCUT2D eigenvalue weighted by atomic mass is 35.5. The minimum absolute atomic E-state index is 0.224. The van der Waals surface area contributed by atoms with Gasteiger partial charge < -0.3 is 10.1 Å². The van der Waals surface area contributed by atoms with E-state index in [1.54, 1.807) is 18.2 Å². The van der Waals surface area contributed by atoms with Crippen molar-refractivity contribution in [2.75, 3.05) is 0 Å². The van der Waals surface area contributed by atoms with Crippen LogP contribution in [-0.2, 0) is 11.4 Å². The third kappa shape index (κ3) is 4.03. The Balaban J connectivity index is 1.58. The molecule has 1 saturated heterocycles. The zero-order chi connectivity index (χ0) is 19.7. The highest BCUT2D eigenvalue weighted by molar-refractivity contribution is 8.26. The first-order valence-electron chi connectivity index (χ1n) is 8.34. The van der Waals surface area contributed by atoms with Gasteiger partial charge in [0.1, 0.15) is 10.9 Å². The number of nitrogens with one attached hydrogen (secondary N) is 1. The van der Waals surface area contributed by atoms with Gasteiger partial charge in [-0.05, 0) is 40.1 Å². The fraction of sp³-hybridized carbons (Fsp3) is 0.0476. The summed E-state index contributed by atoms with van der Waals surface area (Å²) < 4.78 is 6.37. The number of hydrogen-bond acceptors (Lipinski definition) is 4. The lowest BCUT2D eigenvalue weighted by Gasteiger charge is -2.12. The van der Waals surface area contributed by atoms with Crippen molar-refractivity contribution in [3.8, 4) is 5.75 Å². The van der Waals surface area contributed by atoms with Gasteiger partial charge in [0.25, 0.3) is 5.91 Å². The summed E-state index contributed by atoms with van der Waals surface area (Å²) in [6.07, 6.45) is 1.70. The summed E-state index contributed by atoms with van der Waals surface area (Å²) in [5.74, 6) is 0.191. The first-order valence-corrected chi connectivity index (χ1v) is 10.3. The van der Waals surface area contributed by atoms with Crippen molar-refractivity contribution in [2.24, 2.45) is 0 Å². The summed E-state index contributed by atoms with van der Waals surface area (Å²) in [6.45, 7) is 0.341. The Bertz CT molecular complexity index is 1120. The Morgan fingerprint density at radius 2 is 1.79 bits per heavy atom. The van der Waals surface area contributed by atoms with Crippen LogP contribution in [0, 0.1) is 0 Å². The Labute approximate surface area is 181 Å². The van der Waals surface area contributed by atoms with Gasteiger partial charge in [-0.2, -0.15) is 0 Å². The molecule has 0 bridgehead atoms. The zero-order valence-corrected chi connectivity index (χ0v) is 17.5. The molecule has 1 aliphatic rings. The SMILES string of the molecule is O=C1NC(=S)S/C1=C\c1cc(Cl)c(OCc2cccc3ccccc23)c(Cl)c1. The van der Waals surface area contributed by atoms with Crippen LogP contribution in [0.15, 0.2) is 59.5 Å². The molecule has 7 heteroatoms. The number of thiocarbonyl (C=S) groups is 1. The van der Waals surface area contributed by atoms with Crippen LogP contribution in [-0.4, -0.2) is 10.2 Å². The molecule has 0 saturated carbocycles. The number of hydrogen-bond donors (Lipinski definition) is 1. The van der Waals surface area contributed by atoms with Gasteiger partial charge in [-0.25, -0.2) is 0 Å². The molecule has 140 valence electrons. The molecule has 0 aromatic heterocycles. The molecule has 1 amide bonds. The molecule has 4 rings (SSSR count). The van der Waals surface area contributed by atoms with Crippen LogP contribution in [0.4, 0.5) is 0 Å². The van der Waals surface area contributed by atoms with E-state index >= 15 is 0 Å². The quantitative estimate of drug-likeness (QED) is 0.382. The first-order chi connectivity index (χ1) is 13.5. The molecule has 1 N–H and O–H groups in total. The van der Waals surface area contributed by atoms with Crippen LogP contribution in [0.2, 0.25) is 10.0 Å². The van der Waals surface area contributed by atoms with Gasteiger partial charge in [0.2, 0.25) is 0 Å². The second-order valence-electron chi connectivity index (χ2n) is 6.09. The van der Waals surface area contributed by atoms with Crippen molar-refractivity contribution in [2.45, 2.75) is 6.61 Å². The van der Waals surface area contributed by atoms with Crippen LogP contribution in [0.3, 0.4) is 0 Å². The predicted octanol–water partition coefficient (Wildman–Crippen LogP) is 6.21. The van der Waals surface area contributed by atoms with Crippen molar-refractivity contribution in [1.29, 1.82) is 0 Å². The van der Waals surface area contributed by atoms with Crippen LogP contribution in [0.25, 0.3) is 16.8 Å². The van der Waals surface area contributed by atoms with Gasteiger partial charge in [0.15, 0.2) is 5.75 Å². The number of thioether (sulfide) groups is 1. The Morgan fingerprint density at radius 1 is 1.07 bits per heavy atom. The van der Waals surface area contributed by atoms with Crippen LogP contribution in [0.1, 0.15) is 11.1 Å². The highest BCUT2D eigenvalue weighted by Crippen LogP contribution is 2.37. The average Bonchev–Trinajstić information content (AvgIpc) is 2.98. The van der Waals surface area contributed by atoms with Gasteiger partial charge in [-0.15, -0.1) is 0 Å². The fourth-order valence-corrected chi connectivity index (χ4v) is 4.60. The van der Waals surface area contributed by atoms with E-state index < -0.39 is 0 Å². The smallest absolute Gasteiger partial charge is 0.263 e. The maximum atomic E-state index is 11.8. The van der Waals surface area contributed by atoms with E-state index in [2.05, 4.69) is 23.5 Å². The van der Waals surface area contributed by atoms with Crippen molar-refractivity contribution in [3.63, 3.8) is 0 Å². The minimum Gasteiger partial charge on any atom is -0.486 e. The second-order valence-corrected chi connectivity index (χ2v) is 8.63. The van der Waals surface area contributed by atoms with E-state index in [-0.39, 0.29) is 5.91 Å². The largest absolute Gasteiger partial charge is 0.486 e. The van der Waals surface area contributed by atoms with E-state index in [1.807, 2.05) is 24.3 Å². The van der Waals surface area contributed by atoms with E-state index in [4.69, 9.17) is 40.2 Å². The number of ether oxygens (including phenoxy) is 1. The molecule has 0 radical (unpaired) electrons. The number of fused-ring (bicyclic) bond motifs is 1. The van der Waals surface area contributed by atoms with E-state index in [1.165, 1.54) is 11.8 Å². The Kier molecular flexibility index (Phi) is 5.60. The molecule has 3 aromatic rings. The van der Waals surface area contributed by atoms with E-state index in [9.17, 15) is 4.79 Å².